The van der Waals surface area contributed by atoms with E-state index < -0.39 is 11.9 Å². The molecule has 27 heavy (non-hydrogen) atoms. The van der Waals surface area contributed by atoms with Gasteiger partial charge in [-0.05, 0) is 68.6 Å². The lowest BCUT2D eigenvalue weighted by Gasteiger charge is -2.45. The number of hydrogen-bond donors (Lipinski definition) is 1. The summed E-state index contributed by atoms with van der Waals surface area (Å²) in [6.45, 7) is 12.8. The van der Waals surface area contributed by atoms with Crippen molar-refractivity contribution in [1.29, 1.82) is 0 Å². The predicted octanol–water partition coefficient (Wildman–Crippen LogP) is 5.07. The molecule has 0 aromatic heterocycles. The molecular weight excluding hydrogens is 340 g/mol. The zero-order valence-corrected chi connectivity index (χ0v) is 18.2. The largest absolute Gasteiger partial charge is 0.433 e. The van der Waals surface area contributed by atoms with Gasteiger partial charge in [-0.25, -0.2) is 4.79 Å². The fraction of sp³-hybridized carbons (Fsp3) is 0.957. The first kappa shape index (κ1) is 21.1. The second-order valence-electron chi connectivity index (χ2n) is 11.1. The van der Waals surface area contributed by atoms with E-state index in [1.165, 1.54) is 19.3 Å². The summed E-state index contributed by atoms with van der Waals surface area (Å²) in [6.07, 6.45) is 8.05. The molecule has 1 aliphatic heterocycles. The van der Waals surface area contributed by atoms with Gasteiger partial charge >= 0.3 is 5.97 Å². The third-order valence-electron chi connectivity index (χ3n) is 7.88. The Hall–Kier alpha value is -0.610. The van der Waals surface area contributed by atoms with E-state index in [4.69, 9.17) is 9.47 Å². The number of rotatable bonds is 5. The summed E-state index contributed by atoms with van der Waals surface area (Å²) in [4.78, 5) is 12.4. The molecule has 156 valence electrons. The molecule has 4 nitrogen and oxygen atoms in total. The van der Waals surface area contributed by atoms with Gasteiger partial charge in [0.05, 0.1) is 6.10 Å². The molecule has 0 aromatic carbocycles. The van der Waals surface area contributed by atoms with Gasteiger partial charge in [0, 0.05) is 5.41 Å². The third kappa shape index (κ3) is 3.94. The van der Waals surface area contributed by atoms with E-state index in [0.29, 0.717) is 23.2 Å². The number of ether oxygens (including phenoxy) is 2. The average Bonchev–Trinajstić information content (AvgIpc) is 3.06. The number of carbonyl (C=O) groups excluding carboxylic acids is 1. The van der Waals surface area contributed by atoms with Crippen LogP contribution in [0.4, 0.5) is 0 Å². The SMILES string of the molecule is C[C@H](CCC[C@]1(C)O[C@@H](C(C)(C)C)OC1=O)[C@H]1CCC2C(O)CCC[C@]21C. The lowest BCUT2D eigenvalue weighted by atomic mass is 9.61. The van der Waals surface area contributed by atoms with Crippen LogP contribution >= 0.6 is 0 Å². The maximum Gasteiger partial charge on any atom is 0.340 e. The molecular formula is C23H40O4. The molecule has 3 aliphatic rings. The number of aliphatic hydroxyl groups is 1. The molecule has 7 atom stereocenters. The van der Waals surface area contributed by atoms with E-state index in [9.17, 15) is 9.90 Å². The summed E-state index contributed by atoms with van der Waals surface area (Å²) >= 11 is 0. The van der Waals surface area contributed by atoms with Gasteiger partial charge in [0.2, 0.25) is 6.29 Å². The number of hydrogen-bond acceptors (Lipinski definition) is 4. The second kappa shape index (κ2) is 7.33. The Kier molecular flexibility index (Phi) is 5.73. The first-order valence-corrected chi connectivity index (χ1v) is 11.0. The quantitative estimate of drug-likeness (QED) is 0.676. The van der Waals surface area contributed by atoms with Crippen LogP contribution in [0.2, 0.25) is 0 Å². The molecule has 0 aromatic rings. The van der Waals surface area contributed by atoms with Crippen molar-refractivity contribution in [2.75, 3.05) is 0 Å². The highest BCUT2D eigenvalue weighted by molar-refractivity contribution is 5.80. The number of carbonyl (C=O) groups is 1. The summed E-state index contributed by atoms with van der Waals surface area (Å²) in [5, 5.41) is 10.4. The highest BCUT2D eigenvalue weighted by Gasteiger charge is 2.53. The third-order valence-corrected chi connectivity index (χ3v) is 7.88. The van der Waals surface area contributed by atoms with Crippen LogP contribution in [0.25, 0.3) is 0 Å². The topological polar surface area (TPSA) is 55.8 Å². The summed E-state index contributed by atoms with van der Waals surface area (Å²) < 4.78 is 11.6. The van der Waals surface area contributed by atoms with Crippen molar-refractivity contribution >= 4 is 5.97 Å². The number of esters is 1. The standard InChI is InChI=1S/C23H40O4/c1-15(16-11-12-17-18(24)10-8-13-22(16,17)5)9-7-14-23(6)19(25)26-20(27-23)21(2,3)4/h15-18,20,24H,7-14H2,1-6H3/t15-,16-,17?,18?,20+,22+,23+/m1/s1. The Morgan fingerprint density at radius 1 is 1.22 bits per heavy atom. The molecule has 3 rings (SSSR count). The van der Waals surface area contributed by atoms with Crippen LogP contribution < -0.4 is 0 Å². The fourth-order valence-corrected chi connectivity index (χ4v) is 6.13. The van der Waals surface area contributed by atoms with Crippen molar-refractivity contribution in [3.8, 4) is 0 Å². The molecule has 3 fully saturated rings. The zero-order valence-electron chi connectivity index (χ0n) is 18.2. The van der Waals surface area contributed by atoms with Crippen molar-refractivity contribution in [3.63, 3.8) is 0 Å². The number of aliphatic hydroxyl groups excluding tert-OH is 1. The molecule has 4 heteroatoms. The maximum absolute atomic E-state index is 12.4. The average molecular weight is 381 g/mol. The molecule has 2 unspecified atom stereocenters. The normalized spacial score (nSPS) is 43.4. The predicted molar refractivity (Wildman–Crippen MR) is 106 cm³/mol. The molecule has 2 aliphatic carbocycles. The van der Waals surface area contributed by atoms with Crippen LogP contribution in [-0.4, -0.2) is 29.1 Å². The van der Waals surface area contributed by atoms with E-state index in [1.54, 1.807) is 0 Å². The highest BCUT2D eigenvalue weighted by atomic mass is 16.8. The van der Waals surface area contributed by atoms with Crippen LogP contribution in [0.5, 0.6) is 0 Å². The van der Waals surface area contributed by atoms with E-state index in [-0.39, 0.29) is 17.5 Å². The van der Waals surface area contributed by atoms with Crippen molar-refractivity contribution in [2.45, 2.75) is 111 Å². The Bertz CT molecular complexity index is 553. The molecule has 1 heterocycles. The smallest absolute Gasteiger partial charge is 0.340 e. The molecule has 1 saturated heterocycles. The minimum absolute atomic E-state index is 0.101. The van der Waals surface area contributed by atoms with Crippen LogP contribution in [0.1, 0.15) is 92.9 Å². The lowest BCUT2D eigenvalue weighted by molar-refractivity contribution is -0.155. The molecule has 0 bridgehead atoms. The Morgan fingerprint density at radius 3 is 2.56 bits per heavy atom. The van der Waals surface area contributed by atoms with Gasteiger partial charge in [-0.1, -0.05) is 47.5 Å². The van der Waals surface area contributed by atoms with Gasteiger partial charge in [-0.3, -0.25) is 0 Å². The maximum atomic E-state index is 12.4. The van der Waals surface area contributed by atoms with Crippen LogP contribution in [-0.2, 0) is 14.3 Å². The van der Waals surface area contributed by atoms with Crippen molar-refractivity contribution in [2.24, 2.45) is 28.6 Å². The van der Waals surface area contributed by atoms with Gasteiger partial charge in [-0.15, -0.1) is 0 Å². The van der Waals surface area contributed by atoms with Crippen LogP contribution in [0, 0.1) is 28.6 Å². The van der Waals surface area contributed by atoms with E-state index >= 15 is 0 Å². The molecule has 0 amide bonds. The summed E-state index contributed by atoms with van der Waals surface area (Å²) in [5.74, 6) is 1.57. The fourth-order valence-electron chi connectivity index (χ4n) is 6.13. The Balaban J connectivity index is 1.54. The summed E-state index contributed by atoms with van der Waals surface area (Å²) in [7, 11) is 0. The first-order valence-electron chi connectivity index (χ1n) is 11.0. The van der Waals surface area contributed by atoms with Gasteiger partial charge in [-0.2, -0.15) is 0 Å². The summed E-state index contributed by atoms with van der Waals surface area (Å²) in [6, 6.07) is 0. The lowest BCUT2D eigenvalue weighted by Crippen LogP contribution is -2.41. The van der Waals surface area contributed by atoms with E-state index in [2.05, 4.69) is 13.8 Å². The van der Waals surface area contributed by atoms with E-state index in [1.807, 2.05) is 27.7 Å². The first-order chi connectivity index (χ1) is 12.5. The molecule has 1 N–H and O–H groups in total. The van der Waals surface area contributed by atoms with E-state index in [0.717, 1.165) is 32.1 Å². The van der Waals surface area contributed by atoms with Crippen molar-refractivity contribution in [1.82, 2.24) is 0 Å². The minimum atomic E-state index is -0.805. The molecule has 0 radical (unpaired) electrons. The Morgan fingerprint density at radius 2 is 1.93 bits per heavy atom. The number of cyclic esters (lactones) is 1. The highest BCUT2D eigenvalue weighted by Crippen LogP contribution is 2.58. The van der Waals surface area contributed by atoms with Gasteiger partial charge in [0.25, 0.3) is 0 Å². The summed E-state index contributed by atoms with van der Waals surface area (Å²) in [5.41, 5.74) is -0.710. The van der Waals surface area contributed by atoms with Gasteiger partial charge < -0.3 is 14.6 Å². The molecule has 0 spiro atoms. The minimum Gasteiger partial charge on any atom is -0.433 e. The zero-order chi connectivity index (χ0) is 20.0. The van der Waals surface area contributed by atoms with Gasteiger partial charge in [0.15, 0.2) is 5.60 Å². The van der Waals surface area contributed by atoms with Gasteiger partial charge in [0.1, 0.15) is 0 Å². The second-order valence-corrected chi connectivity index (χ2v) is 11.1. The van der Waals surface area contributed by atoms with Crippen molar-refractivity contribution < 1.29 is 19.4 Å². The molecule has 2 saturated carbocycles. The van der Waals surface area contributed by atoms with Crippen LogP contribution in [0.3, 0.4) is 0 Å². The monoisotopic (exact) mass is 380 g/mol. The Labute approximate surface area is 165 Å². The van der Waals surface area contributed by atoms with Crippen molar-refractivity contribution in [3.05, 3.63) is 0 Å². The van der Waals surface area contributed by atoms with Crippen LogP contribution in [0.15, 0.2) is 0 Å². The number of fused-ring (bicyclic) bond motifs is 1.